The fourth-order valence-corrected chi connectivity index (χ4v) is 1.33. The summed E-state index contributed by atoms with van der Waals surface area (Å²) < 4.78 is 26.3. The number of anilines is 2. The number of rotatable bonds is 4. The number of pyridine rings is 1. The van der Waals surface area contributed by atoms with Crippen LogP contribution in [0.5, 0.6) is 0 Å². The number of aromatic nitrogens is 1. The van der Waals surface area contributed by atoms with Crippen LogP contribution in [0.2, 0.25) is 0 Å². The molecule has 0 bridgehead atoms. The molecule has 0 amide bonds. The van der Waals surface area contributed by atoms with Gasteiger partial charge in [-0.05, 0) is 18.8 Å². The van der Waals surface area contributed by atoms with Crippen molar-refractivity contribution in [1.82, 2.24) is 4.98 Å². The van der Waals surface area contributed by atoms with E-state index in [1.54, 1.807) is 7.05 Å². The van der Waals surface area contributed by atoms with Crippen LogP contribution in [0.25, 0.3) is 0 Å². The van der Waals surface area contributed by atoms with Crippen LogP contribution in [0.3, 0.4) is 0 Å². The number of hydrogen-bond acceptors (Lipinski definition) is 3. The van der Waals surface area contributed by atoms with Crippen LogP contribution in [-0.2, 0) is 0 Å². The van der Waals surface area contributed by atoms with Crippen molar-refractivity contribution in [2.24, 2.45) is 5.92 Å². The molecule has 1 aliphatic rings. The van der Waals surface area contributed by atoms with Gasteiger partial charge in [0, 0.05) is 19.7 Å². The summed E-state index contributed by atoms with van der Waals surface area (Å²) in [4.78, 5) is 3.82. The molecule has 1 fully saturated rings. The highest BCUT2D eigenvalue weighted by Gasteiger charge is 2.21. The fraction of sp³-hybridized carbons (Fsp3) is 0.500. The van der Waals surface area contributed by atoms with Crippen molar-refractivity contribution < 1.29 is 8.78 Å². The standard InChI is InChI=1S/C10H13F2N3/c1-13-9-7(11)4-8(12)10(15-9)14-5-6-2-3-6/h4,6H,2-3,5H2,1H3,(H2,13,14,15). The zero-order valence-corrected chi connectivity index (χ0v) is 8.48. The molecule has 0 unspecified atom stereocenters. The highest BCUT2D eigenvalue weighted by Crippen LogP contribution is 2.29. The average molecular weight is 213 g/mol. The minimum absolute atomic E-state index is 0.0645. The Morgan fingerprint density at radius 2 is 2.00 bits per heavy atom. The van der Waals surface area contributed by atoms with Gasteiger partial charge in [-0.3, -0.25) is 0 Å². The first-order valence-electron chi connectivity index (χ1n) is 4.98. The first-order valence-corrected chi connectivity index (χ1v) is 4.98. The van der Waals surface area contributed by atoms with Gasteiger partial charge in [0.2, 0.25) is 0 Å². The van der Waals surface area contributed by atoms with Crippen LogP contribution in [0.4, 0.5) is 20.4 Å². The molecular formula is C10H13F2N3. The fourth-order valence-electron chi connectivity index (χ4n) is 1.33. The molecule has 82 valence electrons. The Balaban J connectivity index is 2.13. The van der Waals surface area contributed by atoms with E-state index in [0.717, 1.165) is 6.07 Å². The summed E-state index contributed by atoms with van der Waals surface area (Å²) in [6.45, 7) is 0.707. The SMILES string of the molecule is CNc1nc(NCC2CC2)c(F)cc1F. The third-order valence-electron chi connectivity index (χ3n) is 2.42. The van der Waals surface area contributed by atoms with Crippen LogP contribution in [0, 0.1) is 17.6 Å². The largest absolute Gasteiger partial charge is 0.371 e. The predicted octanol–water partition coefficient (Wildman–Crippen LogP) is 2.22. The molecule has 0 atom stereocenters. The Labute approximate surface area is 86.9 Å². The van der Waals surface area contributed by atoms with Crippen molar-refractivity contribution >= 4 is 11.6 Å². The van der Waals surface area contributed by atoms with Crippen molar-refractivity contribution in [1.29, 1.82) is 0 Å². The van der Waals surface area contributed by atoms with Gasteiger partial charge in [0.05, 0.1) is 0 Å². The van der Waals surface area contributed by atoms with Crippen LogP contribution in [0.1, 0.15) is 12.8 Å². The van der Waals surface area contributed by atoms with Crippen LogP contribution in [-0.4, -0.2) is 18.6 Å². The van der Waals surface area contributed by atoms with Gasteiger partial charge in [0.25, 0.3) is 0 Å². The van der Waals surface area contributed by atoms with Crippen molar-refractivity contribution in [2.75, 3.05) is 24.2 Å². The maximum atomic E-state index is 13.2. The number of halogens is 2. The molecule has 1 aromatic heterocycles. The second-order valence-corrected chi connectivity index (χ2v) is 3.72. The van der Waals surface area contributed by atoms with E-state index in [1.165, 1.54) is 12.8 Å². The van der Waals surface area contributed by atoms with Crippen LogP contribution < -0.4 is 10.6 Å². The van der Waals surface area contributed by atoms with Crippen molar-refractivity contribution in [3.8, 4) is 0 Å². The van der Waals surface area contributed by atoms with Crippen LogP contribution in [0.15, 0.2) is 6.07 Å². The molecule has 0 aliphatic heterocycles. The maximum absolute atomic E-state index is 13.2. The molecule has 2 N–H and O–H groups in total. The zero-order chi connectivity index (χ0) is 10.8. The topological polar surface area (TPSA) is 37.0 Å². The Hall–Kier alpha value is -1.39. The van der Waals surface area contributed by atoms with Gasteiger partial charge in [0.15, 0.2) is 23.3 Å². The van der Waals surface area contributed by atoms with Crippen molar-refractivity contribution in [2.45, 2.75) is 12.8 Å². The second-order valence-electron chi connectivity index (χ2n) is 3.72. The lowest BCUT2D eigenvalue weighted by Gasteiger charge is -2.08. The Morgan fingerprint density at radius 1 is 1.33 bits per heavy atom. The summed E-state index contributed by atoms with van der Waals surface area (Å²) in [6, 6.07) is 0.841. The molecule has 5 heteroatoms. The number of hydrogen-bond donors (Lipinski definition) is 2. The molecule has 1 aliphatic carbocycles. The zero-order valence-electron chi connectivity index (χ0n) is 8.48. The predicted molar refractivity (Wildman–Crippen MR) is 54.9 cm³/mol. The van der Waals surface area contributed by atoms with Gasteiger partial charge >= 0.3 is 0 Å². The quantitative estimate of drug-likeness (QED) is 0.805. The maximum Gasteiger partial charge on any atom is 0.168 e. The molecule has 2 rings (SSSR count). The summed E-state index contributed by atoms with van der Waals surface area (Å²) in [7, 11) is 1.55. The number of nitrogens with one attached hydrogen (secondary N) is 2. The lowest BCUT2D eigenvalue weighted by atomic mass is 10.3. The minimum Gasteiger partial charge on any atom is -0.371 e. The monoisotopic (exact) mass is 213 g/mol. The van der Waals surface area contributed by atoms with Crippen molar-refractivity contribution in [3.63, 3.8) is 0 Å². The van der Waals surface area contributed by atoms with E-state index in [2.05, 4.69) is 15.6 Å². The summed E-state index contributed by atoms with van der Waals surface area (Å²) in [5, 5.41) is 5.46. The lowest BCUT2D eigenvalue weighted by Crippen LogP contribution is -2.09. The van der Waals surface area contributed by atoms with E-state index < -0.39 is 11.6 Å². The molecule has 0 spiro atoms. The van der Waals surface area contributed by atoms with E-state index in [-0.39, 0.29) is 11.6 Å². The minimum atomic E-state index is -0.674. The first-order chi connectivity index (χ1) is 7.20. The second kappa shape index (κ2) is 4.00. The van der Waals surface area contributed by atoms with Gasteiger partial charge in [-0.25, -0.2) is 13.8 Å². The lowest BCUT2D eigenvalue weighted by molar-refractivity contribution is 0.578. The van der Waals surface area contributed by atoms with Gasteiger partial charge < -0.3 is 10.6 Å². The Bertz CT molecular complexity index is 364. The van der Waals surface area contributed by atoms with Crippen LogP contribution >= 0.6 is 0 Å². The molecule has 1 heterocycles. The molecule has 0 saturated heterocycles. The highest BCUT2D eigenvalue weighted by molar-refractivity contribution is 5.47. The number of nitrogens with zero attached hydrogens (tertiary/aromatic N) is 1. The normalized spacial score (nSPS) is 15.1. The molecule has 15 heavy (non-hydrogen) atoms. The Kier molecular flexibility index (Phi) is 2.70. The summed E-state index contributed by atoms with van der Waals surface area (Å²) in [5.74, 6) is -0.518. The van der Waals surface area contributed by atoms with Gasteiger partial charge in [0.1, 0.15) is 0 Å². The molecular weight excluding hydrogens is 200 g/mol. The highest BCUT2D eigenvalue weighted by atomic mass is 19.1. The molecule has 3 nitrogen and oxygen atoms in total. The van der Waals surface area contributed by atoms with E-state index in [0.29, 0.717) is 12.5 Å². The van der Waals surface area contributed by atoms with Gasteiger partial charge in [-0.1, -0.05) is 0 Å². The summed E-state index contributed by atoms with van der Waals surface area (Å²) >= 11 is 0. The molecule has 1 saturated carbocycles. The average Bonchev–Trinajstić information content (AvgIpc) is 3.00. The smallest absolute Gasteiger partial charge is 0.168 e. The van der Waals surface area contributed by atoms with E-state index in [9.17, 15) is 8.78 Å². The molecule has 1 aromatic rings. The van der Waals surface area contributed by atoms with E-state index in [1.807, 2.05) is 0 Å². The van der Waals surface area contributed by atoms with E-state index in [4.69, 9.17) is 0 Å². The Morgan fingerprint density at radius 3 is 2.60 bits per heavy atom. The van der Waals surface area contributed by atoms with Gasteiger partial charge in [-0.2, -0.15) is 0 Å². The third-order valence-corrected chi connectivity index (χ3v) is 2.42. The van der Waals surface area contributed by atoms with E-state index >= 15 is 0 Å². The van der Waals surface area contributed by atoms with Gasteiger partial charge in [-0.15, -0.1) is 0 Å². The summed E-state index contributed by atoms with van der Waals surface area (Å²) in [6.07, 6.45) is 2.35. The first kappa shape index (κ1) is 10.1. The summed E-state index contributed by atoms with van der Waals surface area (Å²) in [5.41, 5.74) is 0. The molecule has 0 aromatic carbocycles. The van der Waals surface area contributed by atoms with Crippen molar-refractivity contribution in [3.05, 3.63) is 17.7 Å². The molecule has 0 radical (unpaired) electrons. The third kappa shape index (κ3) is 2.34.